The van der Waals surface area contributed by atoms with Crippen molar-refractivity contribution in [3.05, 3.63) is 53.5 Å². The lowest BCUT2D eigenvalue weighted by molar-refractivity contribution is 0.0926. The number of rotatable bonds is 5. The number of aromatic nitrogens is 3. The van der Waals surface area contributed by atoms with Gasteiger partial charge in [0.1, 0.15) is 16.7 Å². The van der Waals surface area contributed by atoms with E-state index in [1.54, 1.807) is 12.5 Å². The summed E-state index contributed by atoms with van der Waals surface area (Å²) < 4.78 is 16.1. The van der Waals surface area contributed by atoms with Crippen molar-refractivity contribution in [2.75, 3.05) is 22.8 Å². The summed E-state index contributed by atoms with van der Waals surface area (Å²) in [6.45, 7) is 5.36. The van der Waals surface area contributed by atoms with E-state index in [4.69, 9.17) is 0 Å². The van der Waals surface area contributed by atoms with E-state index in [9.17, 15) is 9.00 Å². The van der Waals surface area contributed by atoms with E-state index in [-0.39, 0.29) is 5.91 Å². The SMILES string of the molecule is Cc1c(-c2ccnc(Nc3ccc(NS(C)=O)cc3)n2)c(C)n2c1C(=O)NCC2. The van der Waals surface area contributed by atoms with Crippen LogP contribution in [0.4, 0.5) is 17.3 Å². The predicted octanol–water partition coefficient (Wildman–Crippen LogP) is 2.75. The van der Waals surface area contributed by atoms with E-state index < -0.39 is 11.0 Å². The molecule has 0 radical (unpaired) electrons. The van der Waals surface area contributed by atoms with Gasteiger partial charge < -0.3 is 19.9 Å². The second-order valence-corrected chi connectivity index (χ2v) is 7.98. The van der Waals surface area contributed by atoms with E-state index in [1.807, 2.05) is 44.2 Å². The van der Waals surface area contributed by atoms with Crippen molar-refractivity contribution < 1.29 is 9.00 Å². The van der Waals surface area contributed by atoms with Gasteiger partial charge in [-0.15, -0.1) is 0 Å². The number of carbonyl (C=O) groups excluding carboxylic acids is 1. The van der Waals surface area contributed by atoms with Crippen LogP contribution < -0.4 is 15.4 Å². The molecule has 0 aliphatic carbocycles. The molecule has 2 aromatic heterocycles. The second kappa shape index (κ2) is 7.67. The molecule has 0 spiro atoms. The highest BCUT2D eigenvalue weighted by atomic mass is 32.2. The molecule has 4 rings (SSSR count). The van der Waals surface area contributed by atoms with E-state index >= 15 is 0 Å². The summed E-state index contributed by atoms with van der Waals surface area (Å²) in [5, 5.41) is 6.09. The van der Waals surface area contributed by atoms with Gasteiger partial charge in [0.25, 0.3) is 5.91 Å². The summed E-state index contributed by atoms with van der Waals surface area (Å²) >= 11 is 0. The Hall–Kier alpha value is -3.20. The monoisotopic (exact) mass is 410 g/mol. The number of amides is 1. The molecule has 1 aliphatic heterocycles. The fourth-order valence-electron chi connectivity index (χ4n) is 3.68. The summed E-state index contributed by atoms with van der Waals surface area (Å²) in [4.78, 5) is 21.3. The summed E-state index contributed by atoms with van der Waals surface area (Å²) in [5.74, 6) is 0.423. The molecule has 29 heavy (non-hydrogen) atoms. The van der Waals surface area contributed by atoms with Crippen molar-refractivity contribution in [1.82, 2.24) is 19.9 Å². The van der Waals surface area contributed by atoms with Crippen LogP contribution in [-0.4, -0.2) is 37.5 Å². The van der Waals surface area contributed by atoms with Gasteiger partial charge in [0.2, 0.25) is 5.95 Å². The van der Waals surface area contributed by atoms with Crippen molar-refractivity contribution in [2.45, 2.75) is 20.4 Å². The van der Waals surface area contributed by atoms with Crippen LogP contribution in [0.25, 0.3) is 11.3 Å². The number of hydrogen-bond acceptors (Lipinski definition) is 5. The number of nitrogens with one attached hydrogen (secondary N) is 3. The lowest BCUT2D eigenvalue weighted by Gasteiger charge is -2.17. The Balaban J connectivity index is 1.63. The molecule has 9 heteroatoms. The maximum atomic E-state index is 12.3. The van der Waals surface area contributed by atoms with E-state index in [1.165, 1.54) is 0 Å². The summed E-state index contributed by atoms with van der Waals surface area (Å²) in [6, 6.07) is 9.26. The lowest BCUT2D eigenvalue weighted by Crippen LogP contribution is -2.35. The number of hydrogen-bond donors (Lipinski definition) is 3. The van der Waals surface area contributed by atoms with Gasteiger partial charge in [0.15, 0.2) is 0 Å². The first-order valence-electron chi connectivity index (χ1n) is 9.22. The Bertz CT molecular complexity index is 1110. The third-order valence-corrected chi connectivity index (χ3v) is 5.44. The average Bonchev–Trinajstić information content (AvgIpc) is 2.95. The highest BCUT2D eigenvalue weighted by Gasteiger charge is 2.26. The molecule has 3 heterocycles. The molecule has 0 saturated carbocycles. The molecule has 3 N–H and O–H groups in total. The van der Waals surface area contributed by atoms with E-state index in [0.29, 0.717) is 18.2 Å². The van der Waals surface area contributed by atoms with Crippen molar-refractivity contribution in [2.24, 2.45) is 0 Å². The molecular formula is C20H22N6O2S. The van der Waals surface area contributed by atoms with Gasteiger partial charge in [0, 0.05) is 48.2 Å². The fraction of sp³-hybridized carbons (Fsp3) is 0.250. The summed E-state index contributed by atoms with van der Waals surface area (Å²) in [5.41, 5.74) is 5.98. The minimum atomic E-state index is -1.12. The Labute approximate surface area is 171 Å². The number of carbonyl (C=O) groups is 1. The molecule has 0 fully saturated rings. The highest BCUT2D eigenvalue weighted by Crippen LogP contribution is 2.32. The quantitative estimate of drug-likeness (QED) is 0.600. The first-order valence-corrected chi connectivity index (χ1v) is 10.8. The smallest absolute Gasteiger partial charge is 0.268 e. The Kier molecular flexibility index (Phi) is 5.06. The van der Waals surface area contributed by atoms with Gasteiger partial charge >= 0.3 is 0 Å². The van der Waals surface area contributed by atoms with Crippen LogP contribution in [0.15, 0.2) is 36.5 Å². The molecule has 3 aromatic rings. The molecular weight excluding hydrogens is 388 g/mol. The van der Waals surface area contributed by atoms with Crippen molar-refractivity contribution in [1.29, 1.82) is 0 Å². The normalized spacial score (nSPS) is 14.1. The Morgan fingerprint density at radius 2 is 1.86 bits per heavy atom. The van der Waals surface area contributed by atoms with Gasteiger partial charge in [-0.25, -0.2) is 14.2 Å². The maximum Gasteiger partial charge on any atom is 0.268 e. The van der Waals surface area contributed by atoms with Crippen LogP contribution >= 0.6 is 0 Å². The van der Waals surface area contributed by atoms with Crippen molar-refractivity contribution >= 4 is 34.2 Å². The van der Waals surface area contributed by atoms with Gasteiger partial charge in [-0.1, -0.05) is 0 Å². The molecule has 1 atom stereocenters. The number of nitrogens with zero attached hydrogens (tertiary/aromatic N) is 3. The molecule has 1 aliphatic rings. The van der Waals surface area contributed by atoms with Crippen LogP contribution in [0.2, 0.25) is 0 Å². The largest absolute Gasteiger partial charge is 0.349 e. The Morgan fingerprint density at radius 1 is 1.14 bits per heavy atom. The molecule has 1 unspecified atom stereocenters. The third-order valence-electron chi connectivity index (χ3n) is 4.92. The maximum absolute atomic E-state index is 12.3. The van der Waals surface area contributed by atoms with Crippen LogP contribution in [0.5, 0.6) is 0 Å². The van der Waals surface area contributed by atoms with Gasteiger partial charge in [-0.05, 0) is 49.7 Å². The standard InChI is InChI=1S/C20H22N6O2S/c1-12-17(13(2)26-11-10-21-19(27)18(12)26)16-8-9-22-20(24-16)23-14-4-6-15(7-5-14)25-29(3)28/h4-9,25H,10-11H2,1-3H3,(H,21,27)(H,22,23,24). The Morgan fingerprint density at radius 3 is 2.55 bits per heavy atom. The predicted molar refractivity (Wildman–Crippen MR) is 115 cm³/mol. The van der Waals surface area contributed by atoms with Crippen LogP contribution in [-0.2, 0) is 17.5 Å². The topological polar surface area (TPSA) is 101 Å². The van der Waals surface area contributed by atoms with Gasteiger partial charge in [-0.2, -0.15) is 0 Å². The first-order chi connectivity index (χ1) is 13.9. The molecule has 0 saturated heterocycles. The van der Waals surface area contributed by atoms with E-state index in [0.717, 1.165) is 40.4 Å². The number of anilines is 3. The number of benzene rings is 1. The van der Waals surface area contributed by atoms with E-state index in [2.05, 4.69) is 29.9 Å². The molecule has 8 nitrogen and oxygen atoms in total. The molecule has 1 aromatic carbocycles. The van der Waals surface area contributed by atoms with Gasteiger partial charge in [-0.3, -0.25) is 4.79 Å². The zero-order valence-corrected chi connectivity index (χ0v) is 17.3. The van der Waals surface area contributed by atoms with Crippen molar-refractivity contribution in [3.63, 3.8) is 0 Å². The zero-order chi connectivity index (χ0) is 20.5. The lowest BCUT2D eigenvalue weighted by atomic mass is 10.1. The third kappa shape index (κ3) is 3.73. The van der Waals surface area contributed by atoms with Crippen LogP contribution in [0.1, 0.15) is 21.7 Å². The van der Waals surface area contributed by atoms with Crippen molar-refractivity contribution in [3.8, 4) is 11.3 Å². The molecule has 0 bridgehead atoms. The highest BCUT2D eigenvalue weighted by molar-refractivity contribution is 7.85. The number of fused-ring (bicyclic) bond motifs is 1. The minimum Gasteiger partial charge on any atom is -0.349 e. The van der Waals surface area contributed by atoms with Crippen LogP contribution in [0, 0.1) is 13.8 Å². The average molecular weight is 411 g/mol. The summed E-state index contributed by atoms with van der Waals surface area (Å²) in [6.07, 6.45) is 3.29. The molecule has 150 valence electrons. The zero-order valence-electron chi connectivity index (χ0n) is 16.4. The molecule has 1 amide bonds. The minimum absolute atomic E-state index is 0.0442. The summed E-state index contributed by atoms with van der Waals surface area (Å²) in [7, 11) is -1.12. The fourth-order valence-corrected chi connectivity index (χ4v) is 4.15. The van der Waals surface area contributed by atoms with Gasteiger partial charge in [0.05, 0.1) is 5.69 Å². The second-order valence-electron chi connectivity index (χ2n) is 6.87. The van der Waals surface area contributed by atoms with Crippen LogP contribution in [0.3, 0.4) is 0 Å². The first kappa shape index (κ1) is 19.1.